The SMILES string of the molecule is CCC(CO)CCCCO.O=C(O)CC(O)(CC(=O)O)C(=O)O.O=C(O)CC(O)(CC(=O)O)C(=O)O. The van der Waals surface area contributed by atoms with Gasteiger partial charge in [0.05, 0.1) is 25.7 Å². The molecule has 0 heterocycles. The Morgan fingerprint density at radius 2 is 0.917 bits per heavy atom. The summed E-state index contributed by atoms with van der Waals surface area (Å²) < 4.78 is 0. The van der Waals surface area contributed by atoms with Gasteiger partial charge in [0, 0.05) is 13.2 Å². The molecule has 0 aliphatic carbocycles. The predicted molar refractivity (Wildman–Crippen MR) is 116 cm³/mol. The van der Waals surface area contributed by atoms with E-state index in [0.717, 1.165) is 25.7 Å². The van der Waals surface area contributed by atoms with E-state index in [4.69, 9.17) is 51.1 Å². The molecule has 0 saturated carbocycles. The van der Waals surface area contributed by atoms with E-state index < -0.39 is 72.7 Å². The number of carbonyl (C=O) groups is 6. The molecule has 0 aromatic rings. The monoisotopic (exact) mass is 530 g/mol. The number of hydrogen-bond acceptors (Lipinski definition) is 10. The van der Waals surface area contributed by atoms with Crippen LogP contribution in [-0.2, 0) is 28.8 Å². The van der Waals surface area contributed by atoms with Gasteiger partial charge in [-0.1, -0.05) is 19.8 Å². The number of hydrogen-bond donors (Lipinski definition) is 10. The fourth-order valence-electron chi connectivity index (χ4n) is 2.40. The van der Waals surface area contributed by atoms with Crippen molar-refractivity contribution in [1.29, 1.82) is 0 Å². The zero-order valence-electron chi connectivity index (χ0n) is 19.6. The maximum absolute atomic E-state index is 10.3. The molecule has 0 saturated heterocycles. The van der Waals surface area contributed by atoms with Crippen molar-refractivity contribution >= 4 is 35.8 Å². The summed E-state index contributed by atoms with van der Waals surface area (Å²) >= 11 is 0. The van der Waals surface area contributed by atoms with E-state index in [1.165, 1.54) is 0 Å². The topological polar surface area (TPSA) is 305 Å². The molecule has 0 aromatic heterocycles. The minimum absolute atomic E-state index is 0.280. The molecule has 210 valence electrons. The molecule has 0 spiro atoms. The van der Waals surface area contributed by atoms with Crippen LogP contribution in [0, 0.1) is 5.92 Å². The zero-order valence-corrected chi connectivity index (χ0v) is 19.6. The molecule has 36 heavy (non-hydrogen) atoms. The number of rotatable bonds is 16. The minimum Gasteiger partial charge on any atom is -0.481 e. The van der Waals surface area contributed by atoms with Crippen LogP contribution in [-0.4, -0.2) is 111 Å². The molecule has 0 rings (SSSR count). The molecule has 1 atom stereocenters. The lowest BCUT2D eigenvalue weighted by atomic mass is 9.96. The van der Waals surface area contributed by atoms with Crippen molar-refractivity contribution in [3.8, 4) is 0 Å². The highest BCUT2D eigenvalue weighted by molar-refractivity contribution is 5.88. The fraction of sp³-hybridized carbons (Fsp3) is 0.700. The molecule has 16 heteroatoms. The third-order valence-corrected chi connectivity index (χ3v) is 4.43. The number of aliphatic hydroxyl groups excluding tert-OH is 2. The van der Waals surface area contributed by atoms with Gasteiger partial charge in [-0.05, 0) is 18.8 Å². The average Bonchev–Trinajstić information content (AvgIpc) is 2.69. The van der Waals surface area contributed by atoms with Crippen LogP contribution in [0.1, 0.15) is 58.3 Å². The third-order valence-electron chi connectivity index (χ3n) is 4.43. The van der Waals surface area contributed by atoms with Gasteiger partial charge in [0.25, 0.3) is 0 Å². The molecule has 1 unspecified atom stereocenters. The van der Waals surface area contributed by atoms with Gasteiger partial charge in [0.15, 0.2) is 11.2 Å². The summed E-state index contributed by atoms with van der Waals surface area (Å²) in [5, 5.41) is 84.8. The van der Waals surface area contributed by atoms with Gasteiger partial charge in [-0.25, -0.2) is 9.59 Å². The van der Waals surface area contributed by atoms with Gasteiger partial charge in [-0.15, -0.1) is 0 Å². The highest BCUT2D eigenvalue weighted by Gasteiger charge is 2.41. The van der Waals surface area contributed by atoms with Crippen LogP contribution in [0.25, 0.3) is 0 Å². The van der Waals surface area contributed by atoms with E-state index in [0.29, 0.717) is 12.5 Å². The first kappa shape index (κ1) is 37.2. The van der Waals surface area contributed by atoms with Crippen molar-refractivity contribution in [3.05, 3.63) is 0 Å². The second kappa shape index (κ2) is 18.9. The standard InChI is InChI=1S/C8H18O2.2C6H8O7/c1-2-8(7-10)5-3-4-6-9;2*7-3(8)1-6(13,5(11)12)2-4(9)10/h8-10H,2-7H2,1H3;2*13H,1-2H2,(H,7,8)(H,9,10)(H,11,12). The summed E-state index contributed by atoms with van der Waals surface area (Å²) in [4.78, 5) is 61.0. The first-order valence-corrected chi connectivity index (χ1v) is 10.4. The second-order valence-corrected chi connectivity index (χ2v) is 7.63. The zero-order chi connectivity index (χ0) is 29.1. The number of aliphatic hydroxyl groups is 4. The summed E-state index contributed by atoms with van der Waals surface area (Å²) in [6.07, 6.45) is -0.575. The first-order chi connectivity index (χ1) is 16.4. The Balaban J connectivity index is -0.000000459. The minimum atomic E-state index is -2.74. The van der Waals surface area contributed by atoms with E-state index in [-0.39, 0.29) is 6.61 Å². The highest BCUT2D eigenvalue weighted by Crippen LogP contribution is 2.16. The maximum Gasteiger partial charge on any atom is 0.336 e. The van der Waals surface area contributed by atoms with Crippen LogP contribution >= 0.6 is 0 Å². The van der Waals surface area contributed by atoms with Crippen molar-refractivity contribution < 1.29 is 79.8 Å². The van der Waals surface area contributed by atoms with Gasteiger partial charge in [0.2, 0.25) is 0 Å². The van der Waals surface area contributed by atoms with E-state index in [1.54, 1.807) is 0 Å². The Kier molecular flexibility index (Phi) is 19.6. The first-order valence-electron chi connectivity index (χ1n) is 10.4. The molecule has 0 aliphatic heterocycles. The van der Waals surface area contributed by atoms with Crippen LogP contribution in [0.4, 0.5) is 0 Å². The average molecular weight is 530 g/mol. The molecular formula is C20H34O16. The number of carboxylic acid groups (broad SMARTS) is 6. The third kappa shape index (κ3) is 19.0. The Labute approximate surface area is 205 Å². The lowest BCUT2D eigenvalue weighted by molar-refractivity contribution is -0.170. The molecule has 0 aromatic carbocycles. The predicted octanol–water partition coefficient (Wildman–Crippen LogP) is -1.33. The Morgan fingerprint density at radius 3 is 1.08 bits per heavy atom. The lowest BCUT2D eigenvalue weighted by Crippen LogP contribution is -2.42. The van der Waals surface area contributed by atoms with Crippen molar-refractivity contribution in [1.82, 2.24) is 0 Å². The van der Waals surface area contributed by atoms with E-state index in [2.05, 4.69) is 6.92 Å². The normalized spacial score (nSPS) is 11.6. The van der Waals surface area contributed by atoms with E-state index >= 15 is 0 Å². The molecule has 0 amide bonds. The number of aliphatic carboxylic acids is 6. The van der Waals surface area contributed by atoms with Crippen molar-refractivity contribution in [2.75, 3.05) is 13.2 Å². The Bertz CT molecular complexity index is 643. The number of unbranched alkanes of at least 4 members (excludes halogenated alkanes) is 1. The van der Waals surface area contributed by atoms with Crippen molar-refractivity contribution in [3.63, 3.8) is 0 Å². The van der Waals surface area contributed by atoms with Crippen LogP contribution < -0.4 is 0 Å². The molecule has 0 fully saturated rings. The summed E-state index contributed by atoms with van der Waals surface area (Å²) in [5.41, 5.74) is -5.48. The maximum atomic E-state index is 10.3. The van der Waals surface area contributed by atoms with E-state index in [9.17, 15) is 28.8 Å². The van der Waals surface area contributed by atoms with E-state index in [1.807, 2.05) is 0 Å². The highest BCUT2D eigenvalue weighted by atomic mass is 16.4. The fourth-order valence-corrected chi connectivity index (χ4v) is 2.40. The van der Waals surface area contributed by atoms with Gasteiger partial charge in [0.1, 0.15) is 0 Å². The quantitative estimate of drug-likeness (QED) is 0.103. The van der Waals surface area contributed by atoms with Crippen LogP contribution in [0.2, 0.25) is 0 Å². The van der Waals surface area contributed by atoms with Crippen LogP contribution in [0.15, 0.2) is 0 Å². The van der Waals surface area contributed by atoms with Gasteiger partial charge in [-0.3, -0.25) is 19.2 Å². The van der Waals surface area contributed by atoms with Gasteiger partial charge >= 0.3 is 35.8 Å². The van der Waals surface area contributed by atoms with Gasteiger partial charge < -0.3 is 51.1 Å². The Hall–Kier alpha value is -3.34. The second-order valence-electron chi connectivity index (χ2n) is 7.63. The van der Waals surface area contributed by atoms with Gasteiger partial charge in [-0.2, -0.15) is 0 Å². The summed E-state index contributed by atoms with van der Waals surface area (Å²) in [6, 6.07) is 0. The Morgan fingerprint density at radius 1 is 0.611 bits per heavy atom. The largest absolute Gasteiger partial charge is 0.481 e. The molecule has 16 nitrogen and oxygen atoms in total. The molecule has 0 aliphatic rings. The molecule has 0 bridgehead atoms. The van der Waals surface area contributed by atoms with Crippen molar-refractivity contribution in [2.45, 2.75) is 69.5 Å². The van der Waals surface area contributed by atoms with Crippen molar-refractivity contribution in [2.24, 2.45) is 5.92 Å². The summed E-state index contributed by atoms with van der Waals surface area (Å²) in [5.74, 6) is -9.59. The summed E-state index contributed by atoms with van der Waals surface area (Å²) in [7, 11) is 0. The van der Waals surface area contributed by atoms with Crippen LogP contribution in [0.5, 0.6) is 0 Å². The molecule has 0 radical (unpaired) electrons. The lowest BCUT2D eigenvalue weighted by Gasteiger charge is -2.18. The smallest absolute Gasteiger partial charge is 0.336 e. The molecular weight excluding hydrogens is 496 g/mol. The molecule has 10 N–H and O–H groups in total. The number of carboxylic acids is 6. The van der Waals surface area contributed by atoms with Crippen LogP contribution in [0.3, 0.4) is 0 Å². The summed E-state index contributed by atoms with van der Waals surface area (Å²) in [6.45, 7) is 2.66.